The van der Waals surface area contributed by atoms with Crippen LogP contribution in [-0.2, 0) is 14.8 Å². The molecule has 1 aromatic carbocycles. The molecule has 0 bridgehead atoms. The van der Waals surface area contributed by atoms with E-state index in [-0.39, 0.29) is 11.9 Å². The first-order chi connectivity index (χ1) is 9.82. The van der Waals surface area contributed by atoms with Gasteiger partial charge in [0.2, 0.25) is 15.9 Å². The van der Waals surface area contributed by atoms with E-state index in [1.807, 2.05) is 26.0 Å². The van der Waals surface area contributed by atoms with Crippen LogP contribution in [0, 0.1) is 6.92 Å². The number of aryl methyl sites for hydroxylation is 1. The fourth-order valence-corrected chi connectivity index (χ4v) is 3.49. The van der Waals surface area contributed by atoms with E-state index in [0.29, 0.717) is 12.1 Å². The molecule has 2 rings (SSSR count). The molecule has 1 amide bonds. The predicted octanol–water partition coefficient (Wildman–Crippen LogP) is 1.82. The highest BCUT2D eigenvalue weighted by Gasteiger charge is 2.34. The van der Waals surface area contributed by atoms with Gasteiger partial charge in [-0.15, -0.1) is 0 Å². The van der Waals surface area contributed by atoms with Crippen molar-refractivity contribution in [2.45, 2.75) is 45.2 Å². The molecule has 1 aliphatic rings. The van der Waals surface area contributed by atoms with Crippen LogP contribution in [0.2, 0.25) is 0 Å². The molecule has 0 aromatic heterocycles. The smallest absolute Gasteiger partial charge is 0.244 e. The summed E-state index contributed by atoms with van der Waals surface area (Å²) in [4.78, 5) is 12.3. The summed E-state index contributed by atoms with van der Waals surface area (Å²) in [7, 11) is -3.53. The van der Waals surface area contributed by atoms with Crippen LogP contribution in [0.25, 0.3) is 0 Å². The highest BCUT2D eigenvalue weighted by Crippen LogP contribution is 2.24. The fourth-order valence-electron chi connectivity index (χ4n) is 2.28. The van der Waals surface area contributed by atoms with Gasteiger partial charge >= 0.3 is 0 Å². The van der Waals surface area contributed by atoms with E-state index in [1.165, 1.54) is 4.31 Å². The highest BCUT2D eigenvalue weighted by atomic mass is 32.2. The van der Waals surface area contributed by atoms with Gasteiger partial charge in [-0.1, -0.05) is 24.6 Å². The van der Waals surface area contributed by atoms with Gasteiger partial charge in [-0.25, -0.2) is 8.42 Å². The Kier molecular flexibility index (Phi) is 4.56. The van der Waals surface area contributed by atoms with E-state index in [9.17, 15) is 13.2 Å². The first-order valence-electron chi connectivity index (χ1n) is 7.19. The lowest BCUT2D eigenvalue weighted by Gasteiger charge is -2.30. The van der Waals surface area contributed by atoms with E-state index in [1.54, 1.807) is 12.1 Å². The molecule has 1 saturated carbocycles. The summed E-state index contributed by atoms with van der Waals surface area (Å²) in [5.74, 6) is -0.217. The summed E-state index contributed by atoms with van der Waals surface area (Å²) in [6.07, 6.45) is 3.52. The third-order valence-electron chi connectivity index (χ3n) is 3.54. The third-order valence-corrected chi connectivity index (χ3v) is 4.72. The molecule has 21 heavy (non-hydrogen) atoms. The summed E-state index contributed by atoms with van der Waals surface area (Å²) in [6.45, 7) is 3.76. The van der Waals surface area contributed by atoms with Crippen molar-refractivity contribution in [3.05, 3.63) is 29.8 Å². The Morgan fingerprint density at radius 2 is 1.90 bits per heavy atom. The van der Waals surface area contributed by atoms with Gasteiger partial charge < -0.3 is 5.32 Å². The molecular weight excluding hydrogens is 288 g/mol. The number of sulfonamides is 1. The molecule has 1 N–H and O–H groups in total. The van der Waals surface area contributed by atoms with Gasteiger partial charge in [-0.3, -0.25) is 9.10 Å². The minimum atomic E-state index is -3.53. The standard InChI is InChI=1S/C15H22N2O3S/c1-4-14(15(18)16-12-7-8-12)17(21(3,19)20)13-9-5-11(2)6-10-13/h5-6,9-10,12,14H,4,7-8H2,1-3H3,(H,16,18)/t14-/m0/s1. The number of hydrogen-bond acceptors (Lipinski definition) is 3. The van der Waals surface area contributed by atoms with E-state index in [2.05, 4.69) is 5.32 Å². The Balaban J connectivity index is 2.33. The molecule has 116 valence electrons. The zero-order valence-corrected chi connectivity index (χ0v) is 13.5. The van der Waals surface area contributed by atoms with Gasteiger partial charge in [0.15, 0.2) is 0 Å². The van der Waals surface area contributed by atoms with E-state index in [4.69, 9.17) is 0 Å². The zero-order valence-electron chi connectivity index (χ0n) is 12.7. The molecule has 1 fully saturated rings. The van der Waals surface area contributed by atoms with Crippen LogP contribution in [-0.4, -0.2) is 32.7 Å². The Bertz CT molecular complexity index is 606. The topological polar surface area (TPSA) is 66.5 Å². The summed E-state index contributed by atoms with van der Waals surface area (Å²) < 4.78 is 25.6. The number of carbonyl (C=O) groups is 1. The molecule has 0 radical (unpaired) electrons. The fraction of sp³-hybridized carbons (Fsp3) is 0.533. The molecule has 5 nitrogen and oxygen atoms in total. The number of nitrogens with one attached hydrogen (secondary N) is 1. The van der Waals surface area contributed by atoms with Gasteiger partial charge in [0, 0.05) is 6.04 Å². The van der Waals surface area contributed by atoms with Crippen LogP contribution >= 0.6 is 0 Å². The molecular formula is C15H22N2O3S. The third kappa shape index (κ3) is 3.97. The first-order valence-corrected chi connectivity index (χ1v) is 9.04. The van der Waals surface area contributed by atoms with Crippen molar-refractivity contribution in [2.75, 3.05) is 10.6 Å². The predicted molar refractivity (Wildman–Crippen MR) is 83.7 cm³/mol. The minimum Gasteiger partial charge on any atom is -0.352 e. The van der Waals surface area contributed by atoms with Gasteiger partial charge in [-0.2, -0.15) is 0 Å². The Hall–Kier alpha value is -1.56. The second kappa shape index (κ2) is 6.05. The van der Waals surface area contributed by atoms with Crippen LogP contribution in [0.5, 0.6) is 0 Å². The van der Waals surface area contributed by atoms with Crippen molar-refractivity contribution in [1.29, 1.82) is 0 Å². The summed E-state index contributed by atoms with van der Waals surface area (Å²) >= 11 is 0. The van der Waals surface area contributed by atoms with Crippen molar-refractivity contribution >= 4 is 21.6 Å². The Morgan fingerprint density at radius 3 is 2.33 bits per heavy atom. The van der Waals surface area contributed by atoms with Crippen LogP contribution in [0.3, 0.4) is 0 Å². The van der Waals surface area contributed by atoms with Crippen LogP contribution in [0.4, 0.5) is 5.69 Å². The van der Waals surface area contributed by atoms with Crippen molar-refractivity contribution in [3.8, 4) is 0 Å². The van der Waals surface area contributed by atoms with Gasteiger partial charge in [0.25, 0.3) is 0 Å². The molecule has 6 heteroatoms. The van der Waals surface area contributed by atoms with Gasteiger partial charge in [0.05, 0.1) is 11.9 Å². The summed E-state index contributed by atoms with van der Waals surface area (Å²) in [5, 5.41) is 2.89. The number of nitrogens with zero attached hydrogens (tertiary/aromatic N) is 1. The zero-order chi connectivity index (χ0) is 15.6. The molecule has 0 heterocycles. The second-order valence-electron chi connectivity index (χ2n) is 5.60. The number of anilines is 1. The number of hydrogen-bond donors (Lipinski definition) is 1. The maximum Gasteiger partial charge on any atom is 0.244 e. The largest absolute Gasteiger partial charge is 0.352 e. The molecule has 0 spiro atoms. The maximum absolute atomic E-state index is 12.3. The van der Waals surface area contributed by atoms with Crippen molar-refractivity contribution in [1.82, 2.24) is 5.32 Å². The lowest BCUT2D eigenvalue weighted by molar-refractivity contribution is -0.122. The SMILES string of the molecule is CC[C@@H](C(=O)NC1CC1)N(c1ccc(C)cc1)S(C)(=O)=O. The average molecular weight is 310 g/mol. The molecule has 1 aliphatic carbocycles. The molecule has 1 atom stereocenters. The maximum atomic E-state index is 12.3. The van der Waals surface area contributed by atoms with Gasteiger partial charge in [-0.05, 0) is 38.3 Å². The second-order valence-corrected chi connectivity index (χ2v) is 7.46. The highest BCUT2D eigenvalue weighted by molar-refractivity contribution is 7.92. The minimum absolute atomic E-state index is 0.214. The van der Waals surface area contributed by atoms with Gasteiger partial charge in [0.1, 0.15) is 6.04 Å². The van der Waals surface area contributed by atoms with Crippen LogP contribution in [0.15, 0.2) is 24.3 Å². The lowest BCUT2D eigenvalue weighted by Crippen LogP contribution is -2.49. The van der Waals surface area contributed by atoms with Crippen molar-refractivity contribution in [3.63, 3.8) is 0 Å². The Labute approximate surface area is 126 Å². The lowest BCUT2D eigenvalue weighted by atomic mass is 10.1. The summed E-state index contributed by atoms with van der Waals surface area (Å²) in [6, 6.07) is 6.68. The molecule has 0 saturated heterocycles. The van der Waals surface area contributed by atoms with E-state index < -0.39 is 16.1 Å². The Morgan fingerprint density at radius 1 is 1.33 bits per heavy atom. The van der Waals surface area contributed by atoms with E-state index >= 15 is 0 Å². The van der Waals surface area contributed by atoms with E-state index in [0.717, 1.165) is 24.7 Å². The molecule has 1 aromatic rings. The normalized spacial score (nSPS) is 16.3. The monoisotopic (exact) mass is 310 g/mol. The van der Waals surface area contributed by atoms with Crippen molar-refractivity contribution < 1.29 is 13.2 Å². The summed E-state index contributed by atoms with van der Waals surface area (Å²) in [5.41, 5.74) is 1.57. The average Bonchev–Trinajstić information content (AvgIpc) is 3.19. The molecule has 0 unspecified atom stereocenters. The number of carbonyl (C=O) groups excluding carboxylic acids is 1. The molecule has 0 aliphatic heterocycles. The quantitative estimate of drug-likeness (QED) is 0.871. The van der Waals surface area contributed by atoms with Crippen LogP contribution < -0.4 is 9.62 Å². The number of benzene rings is 1. The van der Waals surface area contributed by atoms with Crippen LogP contribution in [0.1, 0.15) is 31.7 Å². The van der Waals surface area contributed by atoms with Crippen molar-refractivity contribution in [2.24, 2.45) is 0 Å². The number of amides is 1. The number of rotatable bonds is 6. The first kappa shape index (κ1) is 15.8.